The number of benzene rings is 1. The lowest BCUT2D eigenvalue weighted by Gasteiger charge is -2.18. The van der Waals surface area contributed by atoms with Crippen molar-refractivity contribution in [3.8, 4) is 5.75 Å². The summed E-state index contributed by atoms with van der Waals surface area (Å²) in [6.45, 7) is 2.52. The minimum Gasteiger partial charge on any atom is -0.493 e. The lowest BCUT2D eigenvalue weighted by molar-refractivity contribution is 0.0763. The highest BCUT2D eigenvalue weighted by Crippen LogP contribution is 2.24. The van der Waals surface area contributed by atoms with Crippen molar-refractivity contribution in [1.29, 1.82) is 0 Å². The molecule has 17 heavy (non-hydrogen) atoms. The van der Waals surface area contributed by atoms with E-state index in [4.69, 9.17) is 21.4 Å². The molecule has 0 spiro atoms. The molecule has 4 nitrogen and oxygen atoms in total. The summed E-state index contributed by atoms with van der Waals surface area (Å²) in [5.41, 5.74) is 0.451. The maximum atomic E-state index is 12.0. The van der Waals surface area contributed by atoms with Gasteiger partial charge in [-0.3, -0.25) is 4.79 Å². The number of carbonyl (C=O) groups is 1. The van der Waals surface area contributed by atoms with Crippen LogP contribution in [-0.4, -0.2) is 42.7 Å². The van der Waals surface area contributed by atoms with Crippen molar-refractivity contribution in [2.45, 2.75) is 6.92 Å². The maximum absolute atomic E-state index is 12.0. The Kier molecular flexibility index (Phi) is 5.25. The van der Waals surface area contributed by atoms with Gasteiger partial charge in [0, 0.05) is 18.6 Å². The second-order valence-electron chi connectivity index (χ2n) is 3.52. The first-order chi connectivity index (χ1) is 8.10. The Labute approximate surface area is 106 Å². The molecule has 0 aliphatic rings. The van der Waals surface area contributed by atoms with Gasteiger partial charge in [0.2, 0.25) is 0 Å². The van der Waals surface area contributed by atoms with Crippen LogP contribution in [0.1, 0.15) is 17.3 Å². The molecule has 0 unspecified atom stereocenters. The van der Waals surface area contributed by atoms with E-state index in [-0.39, 0.29) is 19.1 Å². The van der Waals surface area contributed by atoms with Gasteiger partial charge in [0.05, 0.1) is 18.8 Å². The zero-order valence-corrected chi connectivity index (χ0v) is 10.7. The third-order valence-electron chi connectivity index (χ3n) is 2.26. The van der Waals surface area contributed by atoms with Gasteiger partial charge in [-0.1, -0.05) is 11.6 Å². The second kappa shape index (κ2) is 6.47. The van der Waals surface area contributed by atoms with Crippen molar-refractivity contribution in [2.75, 3.05) is 26.8 Å². The summed E-state index contributed by atoms with van der Waals surface area (Å²) < 4.78 is 5.37. The van der Waals surface area contributed by atoms with Crippen molar-refractivity contribution in [2.24, 2.45) is 0 Å². The molecule has 1 rings (SSSR count). The number of rotatable bonds is 5. The fourth-order valence-electron chi connectivity index (χ4n) is 1.40. The molecule has 5 heteroatoms. The van der Waals surface area contributed by atoms with Crippen LogP contribution in [0.2, 0.25) is 5.02 Å². The fourth-order valence-corrected chi connectivity index (χ4v) is 1.57. The van der Waals surface area contributed by atoms with E-state index >= 15 is 0 Å². The van der Waals surface area contributed by atoms with Gasteiger partial charge in [-0.25, -0.2) is 0 Å². The summed E-state index contributed by atoms with van der Waals surface area (Å²) in [6.07, 6.45) is 0. The van der Waals surface area contributed by atoms with E-state index in [9.17, 15) is 4.79 Å². The van der Waals surface area contributed by atoms with E-state index in [0.717, 1.165) is 0 Å². The van der Waals surface area contributed by atoms with Gasteiger partial charge in [0.1, 0.15) is 5.75 Å². The normalized spacial score (nSPS) is 10.1. The Morgan fingerprint density at radius 1 is 1.53 bits per heavy atom. The Morgan fingerprint density at radius 3 is 2.82 bits per heavy atom. The average molecular weight is 258 g/mol. The van der Waals surface area contributed by atoms with E-state index in [0.29, 0.717) is 22.9 Å². The number of hydrogen-bond acceptors (Lipinski definition) is 3. The monoisotopic (exact) mass is 257 g/mol. The molecular formula is C12H16ClNO3. The molecule has 0 radical (unpaired) electrons. The van der Waals surface area contributed by atoms with Crippen LogP contribution in [0.3, 0.4) is 0 Å². The number of ether oxygens (including phenoxy) is 1. The Morgan fingerprint density at radius 2 is 2.24 bits per heavy atom. The number of carbonyl (C=O) groups excluding carboxylic acids is 1. The highest BCUT2D eigenvalue weighted by Gasteiger charge is 2.16. The molecule has 1 aromatic carbocycles. The van der Waals surface area contributed by atoms with Crippen molar-refractivity contribution < 1.29 is 14.6 Å². The van der Waals surface area contributed by atoms with E-state index in [1.807, 2.05) is 6.92 Å². The smallest absolute Gasteiger partial charge is 0.257 e. The summed E-state index contributed by atoms with van der Waals surface area (Å²) in [5.74, 6) is 0.272. The predicted octanol–water partition coefficient (Wildman–Crippen LogP) is 1.80. The lowest BCUT2D eigenvalue weighted by atomic mass is 10.1. The first-order valence-corrected chi connectivity index (χ1v) is 5.76. The van der Waals surface area contributed by atoms with Crippen LogP contribution in [0.4, 0.5) is 0 Å². The van der Waals surface area contributed by atoms with Gasteiger partial charge in [-0.2, -0.15) is 0 Å². The SMILES string of the molecule is CCOc1cc(Cl)ccc1C(=O)N(C)CCO. The third kappa shape index (κ3) is 3.61. The number of aliphatic hydroxyl groups excluding tert-OH is 1. The Balaban J connectivity index is 2.99. The molecule has 0 bridgehead atoms. The van der Waals surface area contributed by atoms with Crippen molar-refractivity contribution >= 4 is 17.5 Å². The van der Waals surface area contributed by atoms with Crippen LogP contribution in [0.15, 0.2) is 18.2 Å². The third-order valence-corrected chi connectivity index (χ3v) is 2.49. The molecule has 0 atom stereocenters. The molecule has 0 heterocycles. The van der Waals surface area contributed by atoms with E-state index in [1.54, 1.807) is 25.2 Å². The van der Waals surface area contributed by atoms with Crippen molar-refractivity contribution in [1.82, 2.24) is 4.90 Å². The van der Waals surface area contributed by atoms with E-state index < -0.39 is 0 Å². The summed E-state index contributed by atoms with van der Waals surface area (Å²) in [6, 6.07) is 4.89. The lowest BCUT2D eigenvalue weighted by Crippen LogP contribution is -2.29. The van der Waals surface area contributed by atoms with Crippen LogP contribution in [0, 0.1) is 0 Å². The van der Waals surface area contributed by atoms with Gasteiger partial charge >= 0.3 is 0 Å². The summed E-state index contributed by atoms with van der Waals surface area (Å²) in [7, 11) is 1.63. The fraction of sp³-hybridized carbons (Fsp3) is 0.417. The van der Waals surface area contributed by atoms with Crippen LogP contribution in [0.25, 0.3) is 0 Å². The van der Waals surface area contributed by atoms with E-state index in [2.05, 4.69) is 0 Å². The van der Waals surface area contributed by atoms with Crippen molar-refractivity contribution in [3.63, 3.8) is 0 Å². The average Bonchev–Trinajstić information content (AvgIpc) is 2.29. The van der Waals surface area contributed by atoms with Gasteiger partial charge < -0.3 is 14.7 Å². The molecule has 0 aliphatic heterocycles. The molecule has 0 saturated carbocycles. The number of likely N-dealkylation sites (N-methyl/N-ethyl adjacent to an activating group) is 1. The summed E-state index contributed by atoms with van der Waals surface area (Å²) >= 11 is 5.85. The first kappa shape index (κ1) is 13.8. The molecule has 1 aromatic rings. The molecule has 1 N–H and O–H groups in total. The second-order valence-corrected chi connectivity index (χ2v) is 3.96. The number of aliphatic hydroxyl groups is 1. The van der Waals surface area contributed by atoms with Crippen LogP contribution < -0.4 is 4.74 Å². The van der Waals surface area contributed by atoms with E-state index in [1.165, 1.54) is 4.90 Å². The number of amides is 1. The highest BCUT2D eigenvalue weighted by atomic mass is 35.5. The largest absolute Gasteiger partial charge is 0.493 e. The highest BCUT2D eigenvalue weighted by molar-refractivity contribution is 6.30. The van der Waals surface area contributed by atoms with Crippen LogP contribution >= 0.6 is 11.6 Å². The van der Waals surface area contributed by atoms with Gasteiger partial charge in [-0.05, 0) is 25.1 Å². The topological polar surface area (TPSA) is 49.8 Å². The van der Waals surface area contributed by atoms with Gasteiger partial charge in [0.25, 0.3) is 5.91 Å². The number of nitrogens with zero attached hydrogens (tertiary/aromatic N) is 1. The number of hydrogen-bond donors (Lipinski definition) is 1. The zero-order chi connectivity index (χ0) is 12.8. The maximum Gasteiger partial charge on any atom is 0.257 e. The Hall–Kier alpha value is -1.26. The number of halogens is 1. The predicted molar refractivity (Wildman–Crippen MR) is 66.7 cm³/mol. The molecule has 94 valence electrons. The molecule has 1 amide bonds. The molecule has 0 aliphatic carbocycles. The summed E-state index contributed by atoms with van der Waals surface area (Å²) in [4.78, 5) is 13.5. The minimum atomic E-state index is -0.195. The standard InChI is InChI=1S/C12H16ClNO3/c1-3-17-11-8-9(13)4-5-10(11)12(16)14(2)6-7-15/h4-5,8,15H,3,6-7H2,1-2H3. The molecule has 0 saturated heterocycles. The zero-order valence-electron chi connectivity index (χ0n) is 9.94. The first-order valence-electron chi connectivity index (χ1n) is 5.38. The Bertz CT molecular complexity index is 395. The van der Waals surface area contributed by atoms with Crippen molar-refractivity contribution in [3.05, 3.63) is 28.8 Å². The quantitative estimate of drug-likeness (QED) is 0.875. The van der Waals surface area contributed by atoms with Gasteiger partial charge in [0.15, 0.2) is 0 Å². The summed E-state index contributed by atoms with van der Waals surface area (Å²) in [5, 5.41) is 9.33. The van der Waals surface area contributed by atoms with Crippen LogP contribution in [-0.2, 0) is 0 Å². The van der Waals surface area contributed by atoms with Gasteiger partial charge in [-0.15, -0.1) is 0 Å². The minimum absolute atomic E-state index is 0.0696. The molecule has 0 fully saturated rings. The van der Waals surface area contributed by atoms with Crippen LogP contribution in [0.5, 0.6) is 5.75 Å². The molecule has 0 aromatic heterocycles. The molecular weight excluding hydrogens is 242 g/mol.